The second-order valence-electron chi connectivity index (χ2n) is 3.37. The summed E-state index contributed by atoms with van der Waals surface area (Å²) in [5, 5.41) is 6.74. The van der Waals surface area contributed by atoms with E-state index in [1.165, 1.54) is 4.88 Å². The standard InChI is InChI=1S/C10H17N3OS/c1-7-9(15-8(2)13-7)4-5-12-10(14)6-11-3/h11H,4-6H2,1-3H3,(H,12,14). The van der Waals surface area contributed by atoms with Crippen molar-refractivity contribution >= 4 is 17.2 Å². The van der Waals surface area contributed by atoms with Crippen molar-refractivity contribution in [2.75, 3.05) is 20.1 Å². The number of nitrogens with one attached hydrogen (secondary N) is 2. The molecule has 5 heteroatoms. The second kappa shape index (κ2) is 5.82. The predicted molar refractivity (Wildman–Crippen MR) is 62.2 cm³/mol. The molecule has 1 heterocycles. The number of carbonyl (C=O) groups excluding carboxylic acids is 1. The molecule has 84 valence electrons. The Bertz CT molecular complexity index is 335. The van der Waals surface area contributed by atoms with Crippen molar-refractivity contribution in [1.82, 2.24) is 15.6 Å². The van der Waals surface area contributed by atoms with Gasteiger partial charge in [-0.25, -0.2) is 4.98 Å². The SMILES string of the molecule is CNCC(=O)NCCc1sc(C)nc1C. The Kier molecular flexibility index (Phi) is 4.71. The van der Waals surface area contributed by atoms with Crippen LogP contribution >= 0.6 is 11.3 Å². The van der Waals surface area contributed by atoms with E-state index >= 15 is 0 Å². The maximum absolute atomic E-state index is 11.1. The first kappa shape index (κ1) is 12.1. The van der Waals surface area contributed by atoms with Crippen molar-refractivity contribution in [2.24, 2.45) is 0 Å². The highest BCUT2D eigenvalue weighted by molar-refractivity contribution is 7.11. The van der Waals surface area contributed by atoms with Gasteiger partial charge in [-0.3, -0.25) is 4.79 Å². The van der Waals surface area contributed by atoms with Gasteiger partial charge in [-0.15, -0.1) is 11.3 Å². The molecule has 0 atom stereocenters. The minimum Gasteiger partial charge on any atom is -0.355 e. The third kappa shape index (κ3) is 3.97. The number of rotatable bonds is 5. The van der Waals surface area contributed by atoms with E-state index in [9.17, 15) is 4.79 Å². The molecule has 0 saturated carbocycles. The first-order valence-corrected chi connectivity index (χ1v) is 5.79. The van der Waals surface area contributed by atoms with Crippen LogP contribution in [0.5, 0.6) is 0 Å². The van der Waals surface area contributed by atoms with Gasteiger partial charge in [-0.1, -0.05) is 0 Å². The van der Waals surface area contributed by atoms with E-state index in [4.69, 9.17) is 0 Å². The van der Waals surface area contributed by atoms with E-state index in [0.29, 0.717) is 13.1 Å². The molecule has 1 amide bonds. The molecule has 0 fully saturated rings. The average Bonchev–Trinajstić information content (AvgIpc) is 2.46. The van der Waals surface area contributed by atoms with Gasteiger partial charge in [0.05, 0.1) is 17.2 Å². The largest absolute Gasteiger partial charge is 0.355 e. The Morgan fingerprint density at radius 2 is 2.20 bits per heavy atom. The minimum atomic E-state index is 0.0383. The molecule has 1 aromatic heterocycles. The highest BCUT2D eigenvalue weighted by atomic mass is 32.1. The summed E-state index contributed by atoms with van der Waals surface area (Å²) in [7, 11) is 1.76. The first-order valence-electron chi connectivity index (χ1n) is 4.97. The topological polar surface area (TPSA) is 54.0 Å². The average molecular weight is 227 g/mol. The summed E-state index contributed by atoms with van der Waals surface area (Å²) in [6, 6.07) is 0. The number of aryl methyl sites for hydroxylation is 2. The van der Waals surface area contributed by atoms with Crippen LogP contribution in [0.3, 0.4) is 0 Å². The Morgan fingerprint density at radius 3 is 2.73 bits per heavy atom. The van der Waals surface area contributed by atoms with Crippen LogP contribution in [0.1, 0.15) is 15.6 Å². The molecule has 4 nitrogen and oxygen atoms in total. The Labute approximate surface area is 94.1 Å². The highest BCUT2D eigenvalue weighted by Crippen LogP contribution is 2.16. The van der Waals surface area contributed by atoms with Crippen LogP contribution in [0.4, 0.5) is 0 Å². The van der Waals surface area contributed by atoms with Crippen LogP contribution in [0.2, 0.25) is 0 Å². The zero-order valence-corrected chi connectivity index (χ0v) is 10.2. The van der Waals surface area contributed by atoms with Crippen LogP contribution in [0.15, 0.2) is 0 Å². The number of likely N-dealkylation sites (N-methyl/N-ethyl adjacent to an activating group) is 1. The molecule has 1 rings (SSSR count). The van der Waals surface area contributed by atoms with Crippen molar-refractivity contribution in [2.45, 2.75) is 20.3 Å². The molecular formula is C10H17N3OS. The molecule has 0 aliphatic heterocycles. The number of amides is 1. The molecule has 1 aromatic rings. The van der Waals surface area contributed by atoms with Crippen LogP contribution < -0.4 is 10.6 Å². The summed E-state index contributed by atoms with van der Waals surface area (Å²) in [5.41, 5.74) is 1.08. The van der Waals surface area contributed by atoms with Gasteiger partial charge in [0.2, 0.25) is 5.91 Å². The summed E-state index contributed by atoms with van der Waals surface area (Å²) in [4.78, 5) is 16.7. The highest BCUT2D eigenvalue weighted by Gasteiger charge is 2.05. The van der Waals surface area contributed by atoms with Gasteiger partial charge in [0.1, 0.15) is 0 Å². The molecule has 2 N–H and O–H groups in total. The van der Waals surface area contributed by atoms with Crippen molar-refractivity contribution in [1.29, 1.82) is 0 Å². The van der Waals surface area contributed by atoms with Crippen molar-refractivity contribution in [3.8, 4) is 0 Å². The first-order chi connectivity index (χ1) is 7.13. The molecule has 0 aliphatic rings. The number of carbonyl (C=O) groups is 1. The van der Waals surface area contributed by atoms with Gasteiger partial charge < -0.3 is 10.6 Å². The van der Waals surface area contributed by atoms with Crippen LogP contribution in [-0.4, -0.2) is 31.0 Å². The fraction of sp³-hybridized carbons (Fsp3) is 0.600. The molecule has 0 spiro atoms. The lowest BCUT2D eigenvalue weighted by molar-refractivity contribution is -0.120. The lowest BCUT2D eigenvalue weighted by Crippen LogP contribution is -2.33. The van der Waals surface area contributed by atoms with E-state index in [0.717, 1.165) is 17.1 Å². The van der Waals surface area contributed by atoms with Gasteiger partial charge in [-0.2, -0.15) is 0 Å². The van der Waals surface area contributed by atoms with E-state index < -0.39 is 0 Å². The molecule has 0 bridgehead atoms. The molecule has 0 aromatic carbocycles. The molecule has 0 unspecified atom stereocenters. The maximum Gasteiger partial charge on any atom is 0.233 e. The third-order valence-corrected chi connectivity index (χ3v) is 3.14. The summed E-state index contributed by atoms with van der Waals surface area (Å²) >= 11 is 1.70. The van der Waals surface area contributed by atoms with Gasteiger partial charge >= 0.3 is 0 Å². The van der Waals surface area contributed by atoms with Crippen molar-refractivity contribution < 1.29 is 4.79 Å². The molecule has 0 saturated heterocycles. The van der Waals surface area contributed by atoms with Gasteiger partial charge in [0.15, 0.2) is 0 Å². The zero-order valence-electron chi connectivity index (χ0n) is 9.39. The van der Waals surface area contributed by atoms with E-state index in [-0.39, 0.29) is 5.91 Å². The van der Waals surface area contributed by atoms with E-state index in [2.05, 4.69) is 15.6 Å². The Balaban J connectivity index is 2.31. The monoisotopic (exact) mass is 227 g/mol. The number of hydrogen-bond acceptors (Lipinski definition) is 4. The van der Waals surface area contributed by atoms with Gasteiger partial charge in [0, 0.05) is 17.8 Å². The van der Waals surface area contributed by atoms with Gasteiger partial charge in [-0.05, 0) is 20.9 Å². The normalized spacial score (nSPS) is 10.3. The smallest absolute Gasteiger partial charge is 0.233 e. The van der Waals surface area contributed by atoms with Crippen molar-refractivity contribution in [3.63, 3.8) is 0 Å². The summed E-state index contributed by atoms with van der Waals surface area (Å²) in [6.45, 7) is 5.07. The minimum absolute atomic E-state index is 0.0383. The number of hydrogen-bond donors (Lipinski definition) is 2. The Morgan fingerprint density at radius 1 is 1.47 bits per heavy atom. The maximum atomic E-state index is 11.1. The van der Waals surface area contributed by atoms with Crippen LogP contribution in [-0.2, 0) is 11.2 Å². The predicted octanol–water partition coefficient (Wildman–Crippen LogP) is 0.638. The number of thiazole rings is 1. The molecule has 0 radical (unpaired) electrons. The second-order valence-corrected chi connectivity index (χ2v) is 4.66. The summed E-state index contributed by atoms with van der Waals surface area (Å²) in [5.74, 6) is 0.0383. The fourth-order valence-corrected chi connectivity index (χ4v) is 2.28. The van der Waals surface area contributed by atoms with E-state index in [1.807, 2.05) is 13.8 Å². The summed E-state index contributed by atoms with van der Waals surface area (Å²) in [6.07, 6.45) is 0.868. The van der Waals surface area contributed by atoms with Gasteiger partial charge in [0.25, 0.3) is 0 Å². The zero-order chi connectivity index (χ0) is 11.3. The van der Waals surface area contributed by atoms with Crippen molar-refractivity contribution in [3.05, 3.63) is 15.6 Å². The molecule has 15 heavy (non-hydrogen) atoms. The Hall–Kier alpha value is -0.940. The molecule has 0 aliphatic carbocycles. The van der Waals surface area contributed by atoms with E-state index in [1.54, 1.807) is 18.4 Å². The lowest BCUT2D eigenvalue weighted by atomic mass is 10.3. The number of nitrogens with zero attached hydrogens (tertiary/aromatic N) is 1. The third-order valence-electron chi connectivity index (χ3n) is 2.01. The fourth-order valence-electron chi connectivity index (χ4n) is 1.34. The molecular weight excluding hydrogens is 210 g/mol. The number of aromatic nitrogens is 1. The summed E-state index contributed by atoms with van der Waals surface area (Å²) < 4.78 is 0. The van der Waals surface area contributed by atoms with Crippen LogP contribution in [0, 0.1) is 13.8 Å². The van der Waals surface area contributed by atoms with Crippen LogP contribution in [0.25, 0.3) is 0 Å². The lowest BCUT2D eigenvalue weighted by Gasteiger charge is -2.03. The quantitative estimate of drug-likeness (QED) is 0.776.